The average molecular weight is 488 g/mol. The van der Waals surface area contributed by atoms with E-state index in [1.807, 2.05) is 24.3 Å². The van der Waals surface area contributed by atoms with E-state index in [1.54, 1.807) is 29.4 Å². The van der Waals surface area contributed by atoms with Gasteiger partial charge < -0.3 is 0 Å². The molecular formula is C24H21N7O3S. The third-order valence-electron chi connectivity index (χ3n) is 6.74. The molecule has 1 amide bonds. The normalized spacial score (nSPS) is 21.7. The van der Waals surface area contributed by atoms with Crippen molar-refractivity contribution in [1.82, 2.24) is 24.1 Å². The molecule has 2 aliphatic heterocycles. The van der Waals surface area contributed by atoms with Crippen LogP contribution in [0, 0.1) is 11.3 Å². The standard InChI is InChI=1S/C24H21N7O3S/c25-9-8-24(14-30(15-24)35(33,34)17-4-5-17)31-11-7-19(29-31)23-18-2-1-10-26-21(18)12-20(28-23)16-3-6-22(32)27-13-16/h1-3,6-7,10-13,16-17H,4-5,8,14-15H2. The van der Waals surface area contributed by atoms with Crippen LogP contribution >= 0.6 is 0 Å². The molecule has 3 aliphatic rings. The fourth-order valence-electron chi connectivity index (χ4n) is 4.63. The quantitative estimate of drug-likeness (QED) is 0.520. The topological polar surface area (TPSA) is 134 Å². The summed E-state index contributed by atoms with van der Waals surface area (Å²) in [6, 6.07) is 9.64. The molecule has 6 rings (SSSR count). The summed E-state index contributed by atoms with van der Waals surface area (Å²) in [6.45, 7) is 0.460. The van der Waals surface area contributed by atoms with E-state index in [-0.39, 0.29) is 36.6 Å². The summed E-state index contributed by atoms with van der Waals surface area (Å²) in [5.74, 6) is -0.571. The molecule has 0 N–H and O–H groups in total. The number of nitrogens with zero attached hydrogens (tertiary/aromatic N) is 7. The van der Waals surface area contributed by atoms with Crippen LogP contribution in [-0.4, -0.2) is 62.9 Å². The van der Waals surface area contributed by atoms with Gasteiger partial charge in [-0.05, 0) is 37.1 Å². The third-order valence-corrected chi connectivity index (χ3v) is 9.03. The van der Waals surface area contributed by atoms with Crippen LogP contribution in [0.15, 0.2) is 53.8 Å². The number of hydrogen-bond acceptors (Lipinski definition) is 7. The minimum absolute atomic E-state index is 0.151. The van der Waals surface area contributed by atoms with Crippen LogP contribution in [0.1, 0.15) is 30.9 Å². The van der Waals surface area contributed by atoms with Crippen molar-refractivity contribution in [2.75, 3.05) is 13.1 Å². The summed E-state index contributed by atoms with van der Waals surface area (Å²) in [7, 11) is -3.30. The Hall–Kier alpha value is -3.75. The van der Waals surface area contributed by atoms with Crippen molar-refractivity contribution >= 4 is 33.0 Å². The Morgan fingerprint density at radius 3 is 2.77 bits per heavy atom. The van der Waals surface area contributed by atoms with Gasteiger partial charge in [0.15, 0.2) is 0 Å². The van der Waals surface area contributed by atoms with Crippen molar-refractivity contribution in [2.45, 2.75) is 36.0 Å². The molecule has 0 bridgehead atoms. The Balaban J connectivity index is 1.37. The summed E-state index contributed by atoms with van der Waals surface area (Å²) in [5.41, 5.74) is 1.93. The highest BCUT2D eigenvalue weighted by molar-refractivity contribution is 7.90. The maximum atomic E-state index is 12.6. The lowest BCUT2D eigenvalue weighted by molar-refractivity contribution is -0.113. The number of carbonyl (C=O) groups is 1. The lowest BCUT2D eigenvalue weighted by Crippen LogP contribution is -2.64. The molecule has 5 heterocycles. The lowest BCUT2D eigenvalue weighted by Gasteiger charge is -2.48. The molecule has 176 valence electrons. The first kappa shape index (κ1) is 21.8. The predicted molar refractivity (Wildman–Crippen MR) is 128 cm³/mol. The summed E-state index contributed by atoms with van der Waals surface area (Å²) in [4.78, 5) is 24.7. The van der Waals surface area contributed by atoms with Crippen LogP contribution in [0.4, 0.5) is 0 Å². The number of dihydropyridines is 1. The van der Waals surface area contributed by atoms with Gasteiger partial charge >= 0.3 is 0 Å². The first-order chi connectivity index (χ1) is 16.9. The Kier molecular flexibility index (Phi) is 4.91. The van der Waals surface area contributed by atoms with E-state index in [2.05, 4.69) is 16.0 Å². The Morgan fingerprint density at radius 2 is 2.06 bits per heavy atom. The molecule has 1 aliphatic carbocycles. The molecule has 3 aromatic rings. The first-order valence-electron chi connectivity index (χ1n) is 11.3. The van der Waals surface area contributed by atoms with Gasteiger partial charge in [0.05, 0.1) is 34.9 Å². The van der Waals surface area contributed by atoms with E-state index in [0.29, 0.717) is 29.9 Å². The number of hydrogen-bond donors (Lipinski definition) is 0. The van der Waals surface area contributed by atoms with Gasteiger partial charge in [-0.1, -0.05) is 6.08 Å². The van der Waals surface area contributed by atoms with Crippen molar-refractivity contribution in [3.05, 3.63) is 54.5 Å². The number of aromatic nitrogens is 4. The highest BCUT2D eigenvalue weighted by Crippen LogP contribution is 2.40. The molecule has 0 radical (unpaired) electrons. The number of rotatable bonds is 6. The van der Waals surface area contributed by atoms with E-state index >= 15 is 0 Å². The molecule has 1 atom stereocenters. The number of pyridine rings is 2. The fraction of sp³-hybridized carbons (Fsp3) is 0.333. The first-order valence-corrected chi connectivity index (χ1v) is 12.8. The predicted octanol–water partition coefficient (Wildman–Crippen LogP) is 2.16. The molecule has 1 saturated carbocycles. The monoisotopic (exact) mass is 487 g/mol. The van der Waals surface area contributed by atoms with E-state index in [4.69, 9.17) is 10.1 Å². The molecule has 0 aromatic carbocycles. The van der Waals surface area contributed by atoms with Crippen molar-refractivity contribution < 1.29 is 13.2 Å². The van der Waals surface area contributed by atoms with E-state index in [9.17, 15) is 18.5 Å². The second kappa shape index (κ2) is 7.90. The molecule has 3 aromatic heterocycles. The number of fused-ring (bicyclic) bond motifs is 1. The number of amides is 1. The van der Waals surface area contributed by atoms with Gasteiger partial charge in [0.25, 0.3) is 5.91 Å². The van der Waals surface area contributed by atoms with Gasteiger partial charge in [0.1, 0.15) is 16.9 Å². The summed E-state index contributed by atoms with van der Waals surface area (Å²) in [5, 5.41) is 14.8. The minimum atomic E-state index is -3.30. The van der Waals surface area contributed by atoms with Crippen molar-refractivity contribution in [3.63, 3.8) is 0 Å². The van der Waals surface area contributed by atoms with Crippen LogP contribution in [0.25, 0.3) is 22.3 Å². The van der Waals surface area contributed by atoms with Crippen LogP contribution in [0.5, 0.6) is 0 Å². The van der Waals surface area contributed by atoms with Gasteiger partial charge in [-0.2, -0.15) is 14.7 Å². The van der Waals surface area contributed by atoms with Gasteiger partial charge in [0, 0.05) is 43.2 Å². The fourth-order valence-corrected chi connectivity index (χ4v) is 6.63. The van der Waals surface area contributed by atoms with E-state index < -0.39 is 15.6 Å². The van der Waals surface area contributed by atoms with Crippen LogP contribution in [-0.2, 0) is 20.4 Å². The summed E-state index contributed by atoms with van der Waals surface area (Å²) in [6.07, 6.45) is 9.78. The smallest absolute Gasteiger partial charge is 0.268 e. The SMILES string of the molecule is N#CCC1(n2ccc(-c3nc(C4C=CC(=O)N=C4)cc4ncccc34)n2)CN(S(=O)(=O)C2CC2)C1. The molecule has 35 heavy (non-hydrogen) atoms. The largest absolute Gasteiger partial charge is 0.269 e. The molecule has 0 spiro atoms. The summed E-state index contributed by atoms with van der Waals surface area (Å²) < 4.78 is 28.5. The van der Waals surface area contributed by atoms with E-state index in [1.165, 1.54) is 10.4 Å². The number of allylic oxidation sites excluding steroid dienone is 1. The van der Waals surface area contributed by atoms with Gasteiger partial charge in [-0.3, -0.25) is 14.5 Å². The Bertz CT molecular complexity index is 1540. The third kappa shape index (κ3) is 3.66. The van der Waals surface area contributed by atoms with Crippen LogP contribution < -0.4 is 0 Å². The van der Waals surface area contributed by atoms with Crippen molar-refractivity contribution in [2.24, 2.45) is 4.99 Å². The Labute approximate surface area is 201 Å². The molecule has 1 saturated heterocycles. The molecule has 1 unspecified atom stereocenters. The van der Waals surface area contributed by atoms with Gasteiger partial charge in [-0.25, -0.2) is 18.4 Å². The van der Waals surface area contributed by atoms with Gasteiger partial charge in [0.2, 0.25) is 10.0 Å². The summed E-state index contributed by atoms with van der Waals surface area (Å²) >= 11 is 0. The number of carbonyl (C=O) groups excluding carboxylic acids is 1. The highest BCUT2D eigenvalue weighted by atomic mass is 32.2. The number of sulfonamides is 1. The highest BCUT2D eigenvalue weighted by Gasteiger charge is 2.53. The minimum Gasteiger partial charge on any atom is -0.268 e. The molecule has 11 heteroatoms. The Morgan fingerprint density at radius 1 is 1.23 bits per heavy atom. The van der Waals surface area contributed by atoms with Crippen molar-refractivity contribution in [3.8, 4) is 17.5 Å². The average Bonchev–Trinajstić information content (AvgIpc) is 3.59. The van der Waals surface area contributed by atoms with Crippen LogP contribution in [0.2, 0.25) is 0 Å². The zero-order chi connectivity index (χ0) is 24.2. The maximum Gasteiger partial charge on any atom is 0.269 e. The van der Waals surface area contributed by atoms with E-state index in [0.717, 1.165) is 10.9 Å². The molecule has 10 nitrogen and oxygen atoms in total. The second-order valence-electron chi connectivity index (χ2n) is 9.18. The molecule has 2 fully saturated rings. The van der Waals surface area contributed by atoms with Gasteiger partial charge in [-0.15, -0.1) is 0 Å². The van der Waals surface area contributed by atoms with Crippen molar-refractivity contribution in [1.29, 1.82) is 5.26 Å². The molecular weight excluding hydrogens is 466 g/mol. The lowest BCUT2D eigenvalue weighted by atomic mass is 9.89. The number of aliphatic imine (C=N–C) groups is 1. The number of nitriles is 1. The zero-order valence-corrected chi connectivity index (χ0v) is 19.5. The van der Waals surface area contributed by atoms with Crippen LogP contribution in [0.3, 0.4) is 0 Å². The maximum absolute atomic E-state index is 12.6. The zero-order valence-electron chi connectivity index (χ0n) is 18.6. The second-order valence-corrected chi connectivity index (χ2v) is 11.4.